The molecule has 6 nitrogen and oxygen atoms in total. The normalized spacial score (nSPS) is 10.1. The third-order valence-corrected chi connectivity index (χ3v) is 2.44. The highest BCUT2D eigenvalue weighted by Gasteiger charge is 2.20. The van der Waals surface area contributed by atoms with Crippen molar-refractivity contribution in [2.24, 2.45) is 0 Å². The summed E-state index contributed by atoms with van der Waals surface area (Å²) >= 11 is 0. The average molecular weight is 279 g/mol. The zero-order valence-corrected chi connectivity index (χ0v) is 9.89. The molecule has 2 aromatic rings. The first-order valence-corrected chi connectivity index (χ1v) is 5.37. The fraction of sp³-hybridized carbons (Fsp3) is 0.0833. The topological polar surface area (TPSA) is 92.1 Å². The zero-order valence-electron chi connectivity index (χ0n) is 9.89. The van der Waals surface area contributed by atoms with E-state index in [9.17, 15) is 18.9 Å². The molecule has 8 heteroatoms. The molecule has 0 radical (unpaired) electrons. The first-order chi connectivity index (χ1) is 9.51. The molecule has 1 aromatic carbocycles. The average Bonchev–Trinajstić information content (AvgIpc) is 2.84. The van der Waals surface area contributed by atoms with Crippen LogP contribution in [0.25, 0.3) is 0 Å². The van der Waals surface area contributed by atoms with E-state index in [0.717, 1.165) is 0 Å². The number of nitro groups is 1. The Balaban J connectivity index is 2.25. The minimum Gasteiger partial charge on any atom is -0.449 e. The van der Waals surface area contributed by atoms with Crippen molar-refractivity contribution in [1.82, 2.24) is 0 Å². The monoisotopic (exact) mass is 279 g/mol. The Bertz CT molecular complexity index is 706. The second-order valence-corrected chi connectivity index (χ2v) is 3.77. The molecule has 0 unspecified atom stereocenters. The molecule has 0 aliphatic rings. The molecule has 2 rings (SSSR count). The lowest BCUT2D eigenvalue weighted by Gasteiger charge is -2.06. The number of nitriles is 1. The SMILES string of the molecule is N#Cc1ccc(CNc2c(F)cc(F)cc2[N+](=O)[O-])o1. The number of nitrogens with one attached hydrogen (secondary N) is 1. The van der Waals surface area contributed by atoms with Crippen molar-refractivity contribution in [1.29, 1.82) is 5.26 Å². The third kappa shape index (κ3) is 2.72. The first kappa shape index (κ1) is 13.5. The number of furan rings is 1. The van der Waals surface area contributed by atoms with Crippen LogP contribution in [0.3, 0.4) is 0 Å². The number of nitrogens with zero attached hydrogens (tertiary/aromatic N) is 2. The van der Waals surface area contributed by atoms with Gasteiger partial charge < -0.3 is 9.73 Å². The van der Waals surface area contributed by atoms with Crippen molar-refractivity contribution in [3.05, 3.63) is 57.5 Å². The van der Waals surface area contributed by atoms with E-state index in [1.165, 1.54) is 12.1 Å². The Labute approximate surface area is 111 Å². The van der Waals surface area contributed by atoms with Gasteiger partial charge in [0.25, 0.3) is 5.69 Å². The molecular formula is C12H7F2N3O3. The Morgan fingerprint density at radius 2 is 2.15 bits per heavy atom. The van der Waals surface area contributed by atoms with Gasteiger partial charge in [0.15, 0.2) is 5.82 Å². The lowest BCUT2D eigenvalue weighted by Crippen LogP contribution is -2.05. The number of rotatable bonds is 4. The Morgan fingerprint density at radius 3 is 2.75 bits per heavy atom. The van der Waals surface area contributed by atoms with Gasteiger partial charge in [-0.25, -0.2) is 8.78 Å². The second kappa shape index (κ2) is 5.36. The van der Waals surface area contributed by atoms with Gasteiger partial charge in [-0.15, -0.1) is 0 Å². The molecule has 0 aliphatic carbocycles. The molecule has 0 fully saturated rings. The summed E-state index contributed by atoms with van der Waals surface area (Å²) in [6.45, 7) is -0.0783. The standard InChI is InChI=1S/C12H7F2N3O3/c13-7-3-10(14)12(11(4-7)17(18)19)16-6-9-2-1-8(5-15)20-9/h1-4,16H,6H2. The van der Waals surface area contributed by atoms with Crippen LogP contribution in [0, 0.1) is 33.1 Å². The second-order valence-electron chi connectivity index (χ2n) is 3.77. The van der Waals surface area contributed by atoms with Gasteiger partial charge in [0.05, 0.1) is 17.5 Å². The summed E-state index contributed by atoms with van der Waals surface area (Å²) in [7, 11) is 0. The molecule has 1 aromatic heterocycles. The fourth-order valence-electron chi connectivity index (χ4n) is 1.59. The predicted octanol–water partition coefficient (Wildman–Crippen LogP) is 2.95. The highest BCUT2D eigenvalue weighted by Crippen LogP contribution is 2.29. The van der Waals surface area contributed by atoms with E-state index < -0.39 is 27.9 Å². The van der Waals surface area contributed by atoms with Gasteiger partial charge >= 0.3 is 0 Å². The van der Waals surface area contributed by atoms with Crippen LogP contribution in [-0.4, -0.2) is 4.92 Å². The molecule has 1 N–H and O–H groups in total. The van der Waals surface area contributed by atoms with Crippen LogP contribution >= 0.6 is 0 Å². The van der Waals surface area contributed by atoms with Crippen molar-refractivity contribution < 1.29 is 18.1 Å². The van der Waals surface area contributed by atoms with Crippen molar-refractivity contribution in [2.75, 3.05) is 5.32 Å². The van der Waals surface area contributed by atoms with Gasteiger partial charge in [-0.2, -0.15) is 5.26 Å². The van der Waals surface area contributed by atoms with E-state index in [4.69, 9.17) is 9.68 Å². The summed E-state index contributed by atoms with van der Waals surface area (Å²) in [5.74, 6) is -1.76. The number of anilines is 1. The molecule has 0 saturated heterocycles. The molecule has 102 valence electrons. The predicted molar refractivity (Wildman–Crippen MR) is 63.8 cm³/mol. The highest BCUT2D eigenvalue weighted by atomic mass is 19.1. The smallest absolute Gasteiger partial charge is 0.298 e. The Hall–Kier alpha value is -2.95. The number of benzene rings is 1. The van der Waals surface area contributed by atoms with Crippen molar-refractivity contribution in [3.63, 3.8) is 0 Å². The van der Waals surface area contributed by atoms with Crippen LogP contribution in [0.1, 0.15) is 11.5 Å². The summed E-state index contributed by atoms with van der Waals surface area (Å²) in [6.07, 6.45) is 0. The summed E-state index contributed by atoms with van der Waals surface area (Å²) < 4.78 is 31.5. The van der Waals surface area contributed by atoms with Crippen LogP contribution < -0.4 is 5.32 Å². The van der Waals surface area contributed by atoms with Gasteiger partial charge in [0, 0.05) is 6.07 Å². The third-order valence-electron chi connectivity index (χ3n) is 2.44. The van der Waals surface area contributed by atoms with Gasteiger partial charge in [-0.3, -0.25) is 10.1 Å². The quantitative estimate of drug-likeness (QED) is 0.686. The molecular weight excluding hydrogens is 272 g/mol. The number of hydrogen-bond donors (Lipinski definition) is 1. The van der Waals surface area contributed by atoms with Crippen molar-refractivity contribution >= 4 is 11.4 Å². The molecule has 0 spiro atoms. The number of nitro benzene ring substituents is 1. The summed E-state index contributed by atoms with van der Waals surface area (Å²) in [4.78, 5) is 9.86. The minimum atomic E-state index is -1.08. The van der Waals surface area contributed by atoms with E-state index in [2.05, 4.69) is 5.32 Å². The molecule has 0 bridgehead atoms. The van der Waals surface area contributed by atoms with Crippen LogP contribution in [0.2, 0.25) is 0 Å². The lowest BCUT2D eigenvalue weighted by atomic mass is 10.2. The van der Waals surface area contributed by atoms with Crippen molar-refractivity contribution in [3.8, 4) is 6.07 Å². The van der Waals surface area contributed by atoms with Crippen LogP contribution in [-0.2, 0) is 6.54 Å². The van der Waals surface area contributed by atoms with E-state index in [1.54, 1.807) is 6.07 Å². The van der Waals surface area contributed by atoms with E-state index in [1.807, 2.05) is 0 Å². The van der Waals surface area contributed by atoms with E-state index >= 15 is 0 Å². The maximum Gasteiger partial charge on any atom is 0.298 e. The summed E-state index contributed by atoms with van der Waals surface area (Å²) in [5.41, 5.74) is -1.15. The van der Waals surface area contributed by atoms with Crippen molar-refractivity contribution in [2.45, 2.75) is 6.54 Å². The van der Waals surface area contributed by atoms with Gasteiger partial charge in [-0.05, 0) is 12.1 Å². The lowest BCUT2D eigenvalue weighted by molar-refractivity contribution is -0.384. The van der Waals surface area contributed by atoms with Crippen LogP contribution in [0.15, 0.2) is 28.7 Å². The first-order valence-electron chi connectivity index (χ1n) is 5.37. The molecule has 1 heterocycles. The van der Waals surface area contributed by atoms with Crippen LogP contribution in [0.5, 0.6) is 0 Å². The summed E-state index contributed by atoms with van der Waals surface area (Å²) in [5, 5.41) is 21.8. The van der Waals surface area contributed by atoms with Gasteiger partial charge in [0.1, 0.15) is 23.3 Å². The number of hydrogen-bond acceptors (Lipinski definition) is 5. The minimum absolute atomic E-state index is 0.0656. The maximum atomic E-state index is 13.6. The summed E-state index contributed by atoms with van der Waals surface area (Å²) in [6, 6.07) is 5.81. The number of halogens is 2. The molecule has 0 saturated carbocycles. The molecule has 0 amide bonds. The molecule has 0 aliphatic heterocycles. The van der Waals surface area contributed by atoms with E-state index in [0.29, 0.717) is 17.9 Å². The molecule has 20 heavy (non-hydrogen) atoms. The maximum absolute atomic E-state index is 13.6. The Morgan fingerprint density at radius 1 is 1.40 bits per heavy atom. The van der Waals surface area contributed by atoms with Crippen LogP contribution in [0.4, 0.5) is 20.2 Å². The largest absolute Gasteiger partial charge is 0.449 e. The highest BCUT2D eigenvalue weighted by molar-refractivity contribution is 5.62. The van der Waals surface area contributed by atoms with Gasteiger partial charge in [0.2, 0.25) is 5.76 Å². The zero-order chi connectivity index (χ0) is 14.7. The van der Waals surface area contributed by atoms with E-state index in [-0.39, 0.29) is 12.3 Å². The Kier molecular flexibility index (Phi) is 3.61. The fourth-order valence-corrected chi connectivity index (χ4v) is 1.59. The van der Waals surface area contributed by atoms with Gasteiger partial charge in [-0.1, -0.05) is 0 Å². The molecule has 0 atom stereocenters.